The maximum absolute atomic E-state index is 12.1. The Morgan fingerprint density at radius 3 is 2.59 bits per heavy atom. The average molecular weight is 374 g/mol. The molecular formula is C19H26N4O4. The molecule has 0 aliphatic carbocycles. The second-order valence-corrected chi connectivity index (χ2v) is 6.15. The van der Waals surface area contributed by atoms with E-state index < -0.39 is 18.5 Å². The summed E-state index contributed by atoms with van der Waals surface area (Å²) in [4.78, 5) is 36.5. The highest BCUT2D eigenvalue weighted by Crippen LogP contribution is 2.19. The Balaban J connectivity index is 2.82. The lowest BCUT2D eigenvalue weighted by atomic mass is 10.1. The topological polar surface area (TPSA) is 104 Å². The largest absolute Gasteiger partial charge is 0.451 e. The number of esters is 1. The third kappa shape index (κ3) is 5.99. The van der Waals surface area contributed by atoms with Crippen LogP contribution in [0.4, 0.5) is 0 Å². The number of rotatable bonds is 8. The van der Waals surface area contributed by atoms with Gasteiger partial charge in [-0.15, -0.1) is 0 Å². The first-order chi connectivity index (χ1) is 12.7. The second kappa shape index (κ2) is 10.2. The van der Waals surface area contributed by atoms with Crippen LogP contribution < -0.4 is 5.32 Å². The molecule has 0 saturated heterocycles. The molecule has 1 rings (SSSR count). The average Bonchev–Trinajstić information content (AvgIpc) is 2.91. The van der Waals surface area contributed by atoms with Crippen LogP contribution in [0.3, 0.4) is 0 Å². The van der Waals surface area contributed by atoms with Crippen molar-refractivity contribution in [2.75, 3.05) is 27.2 Å². The first-order valence-corrected chi connectivity index (χ1v) is 8.65. The number of aryl methyl sites for hydroxylation is 1. The summed E-state index contributed by atoms with van der Waals surface area (Å²) in [6, 6.07) is 3.72. The minimum Gasteiger partial charge on any atom is -0.451 e. The Labute approximate surface area is 159 Å². The standard InChI is InChI=1S/C19H26N4O4/c1-6-7-23-13(2)8-15(14(23)3)9-16(10-20)19(26)27-12-18(25)22(5)11-17(24)21-4/h8-9H,6-7,11-12H2,1-5H3,(H,21,24)/b16-9+. The van der Waals surface area contributed by atoms with E-state index in [-0.39, 0.29) is 18.0 Å². The normalized spacial score (nSPS) is 10.9. The van der Waals surface area contributed by atoms with Crippen LogP contribution in [0.25, 0.3) is 6.08 Å². The molecule has 1 aromatic heterocycles. The van der Waals surface area contributed by atoms with Gasteiger partial charge in [0.05, 0.1) is 6.54 Å². The summed E-state index contributed by atoms with van der Waals surface area (Å²) in [6.45, 7) is 6.13. The van der Waals surface area contributed by atoms with Crippen molar-refractivity contribution in [2.45, 2.75) is 33.7 Å². The van der Waals surface area contributed by atoms with Crippen molar-refractivity contribution in [1.29, 1.82) is 5.26 Å². The summed E-state index contributed by atoms with van der Waals surface area (Å²) >= 11 is 0. The van der Waals surface area contributed by atoms with Gasteiger partial charge in [-0.2, -0.15) is 5.26 Å². The predicted octanol–water partition coefficient (Wildman–Crippen LogP) is 1.17. The number of nitriles is 1. The van der Waals surface area contributed by atoms with E-state index in [0.29, 0.717) is 0 Å². The number of carbonyl (C=O) groups excluding carboxylic acids is 3. The fourth-order valence-corrected chi connectivity index (χ4v) is 2.53. The third-order valence-electron chi connectivity index (χ3n) is 4.11. The van der Waals surface area contributed by atoms with Crippen molar-refractivity contribution in [1.82, 2.24) is 14.8 Å². The molecule has 2 amide bonds. The van der Waals surface area contributed by atoms with E-state index in [4.69, 9.17) is 4.74 Å². The minimum absolute atomic E-state index is 0.142. The number of nitrogens with one attached hydrogen (secondary N) is 1. The molecule has 0 spiro atoms. The maximum atomic E-state index is 12.1. The van der Waals surface area contributed by atoms with E-state index in [1.54, 1.807) is 0 Å². The lowest BCUT2D eigenvalue weighted by Crippen LogP contribution is -2.39. The molecule has 1 aromatic rings. The molecule has 8 nitrogen and oxygen atoms in total. The van der Waals surface area contributed by atoms with Crippen LogP contribution in [0.1, 0.15) is 30.3 Å². The van der Waals surface area contributed by atoms with Crippen LogP contribution in [-0.2, 0) is 25.7 Å². The number of hydrogen-bond acceptors (Lipinski definition) is 5. The van der Waals surface area contributed by atoms with Gasteiger partial charge >= 0.3 is 5.97 Å². The fourth-order valence-electron chi connectivity index (χ4n) is 2.53. The van der Waals surface area contributed by atoms with Gasteiger partial charge in [-0.1, -0.05) is 6.92 Å². The molecule has 0 aromatic carbocycles. The van der Waals surface area contributed by atoms with E-state index in [1.807, 2.05) is 26.0 Å². The molecule has 0 saturated carbocycles. The number of ether oxygens (including phenoxy) is 1. The molecule has 1 heterocycles. The van der Waals surface area contributed by atoms with Crippen LogP contribution in [0.15, 0.2) is 11.6 Å². The number of nitrogens with zero attached hydrogens (tertiary/aromatic N) is 3. The molecule has 0 fully saturated rings. The van der Waals surface area contributed by atoms with Gasteiger partial charge in [-0.3, -0.25) is 9.59 Å². The van der Waals surface area contributed by atoms with Gasteiger partial charge in [0, 0.05) is 32.0 Å². The van der Waals surface area contributed by atoms with Crippen molar-refractivity contribution in [3.05, 3.63) is 28.6 Å². The van der Waals surface area contributed by atoms with Crippen molar-refractivity contribution >= 4 is 23.9 Å². The maximum Gasteiger partial charge on any atom is 0.349 e. The molecule has 1 N–H and O–H groups in total. The summed E-state index contributed by atoms with van der Waals surface area (Å²) in [5, 5.41) is 11.7. The zero-order chi connectivity index (χ0) is 20.6. The lowest BCUT2D eigenvalue weighted by Gasteiger charge is -2.15. The van der Waals surface area contributed by atoms with Gasteiger partial charge in [0.2, 0.25) is 5.91 Å². The summed E-state index contributed by atoms with van der Waals surface area (Å²) < 4.78 is 7.04. The Kier molecular flexibility index (Phi) is 8.27. The van der Waals surface area contributed by atoms with Crippen LogP contribution in [0.5, 0.6) is 0 Å². The molecule has 0 bridgehead atoms. The van der Waals surface area contributed by atoms with Gasteiger partial charge < -0.3 is 19.5 Å². The molecule has 146 valence electrons. The smallest absolute Gasteiger partial charge is 0.349 e. The third-order valence-corrected chi connectivity index (χ3v) is 4.11. The Bertz CT molecular complexity index is 786. The first kappa shape index (κ1) is 22.0. The summed E-state index contributed by atoms with van der Waals surface area (Å²) in [5.74, 6) is -1.75. The van der Waals surface area contributed by atoms with Crippen molar-refractivity contribution in [3.8, 4) is 6.07 Å². The minimum atomic E-state index is -0.875. The van der Waals surface area contributed by atoms with Crippen LogP contribution in [0.2, 0.25) is 0 Å². The second-order valence-electron chi connectivity index (χ2n) is 6.15. The molecule has 0 unspecified atom stereocenters. The Morgan fingerprint density at radius 2 is 2.04 bits per heavy atom. The zero-order valence-corrected chi connectivity index (χ0v) is 16.5. The highest BCUT2D eigenvalue weighted by molar-refractivity contribution is 5.99. The number of amides is 2. The monoisotopic (exact) mass is 374 g/mol. The van der Waals surface area contributed by atoms with Crippen molar-refractivity contribution < 1.29 is 19.1 Å². The van der Waals surface area contributed by atoms with Gasteiger partial charge in [0.25, 0.3) is 5.91 Å². The Morgan fingerprint density at radius 1 is 1.37 bits per heavy atom. The number of likely N-dealkylation sites (N-methyl/N-ethyl adjacent to an activating group) is 2. The van der Waals surface area contributed by atoms with Gasteiger partial charge in [-0.25, -0.2) is 4.79 Å². The van der Waals surface area contributed by atoms with Crippen LogP contribution in [-0.4, -0.2) is 54.5 Å². The van der Waals surface area contributed by atoms with Gasteiger partial charge in [-0.05, 0) is 38.0 Å². The van der Waals surface area contributed by atoms with Gasteiger partial charge in [0.15, 0.2) is 6.61 Å². The first-order valence-electron chi connectivity index (χ1n) is 8.65. The van der Waals surface area contributed by atoms with E-state index in [2.05, 4.69) is 16.8 Å². The molecule has 27 heavy (non-hydrogen) atoms. The molecule has 0 aliphatic heterocycles. The molecule has 0 atom stereocenters. The summed E-state index contributed by atoms with van der Waals surface area (Å²) in [7, 11) is 2.89. The van der Waals surface area contributed by atoms with Crippen LogP contribution >= 0.6 is 0 Å². The zero-order valence-electron chi connectivity index (χ0n) is 16.5. The van der Waals surface area contributed by atoms with E-state index in [9.17, 15) is 19.6 Å². The predicted molar refractivity (Wildman–Crippen MR) is 100 cm³/mol. The molecule has 8 heteroatoms. The van der Waals surface area contributed by atoms with Gasteiger partial charge in [0.1, 0.15) is 11.6 Å². The lowest BCUT2D eigenvalue weighted by molar-refractivity contribution is -0.148. The quantitative estimate of drug-likeness (QED) is 0.418. The van der Waals surface area contributed by atoms with E-state index in [0.717, 1.165) is 34.8 Å². The van der Waals surface area contributed by atoms with E-state index in [1.165, 1.54) is 20.2 Å². The van der Waals surface area contributed by atoms with Crippen LogP contribution in [0, 0.1) is 25.2 Å². The van der Waals surface area contributed by atoms with E-state index >= 15 is 0 Å². The number of aromatic nitrogens is 1. The molecule has 0 radical (unpaired) electrons. The molecule has 0 aliphatic rings. The highest BCUT2D eigenvalue weighted by atomic mass is 16.5. The van der Waals surface area contributed by atoms with Crippen molar-refractivity contribution in [2.24, 2.45) is 0 Å². The SMILES string of the molecule is CCCn1c(C)cc(/C=C(\C#N)C(=O)OCC(=O)N(C)CC(=O)NC)c1C. The number of hydrogen-bond donors (Lipinski definition) is 1. The number of carbonyl (C=O) groups is 3. The summed E-state index contributed by atoms with van der Waals surface area (Å²) in [5.41, 5.74) is 2.57. The summed E-state index contributed by atoms with van der Waals surface area (Å²) in [6.07, 6.45) is 2.44. The Hall–Kier alpha value is -3.08. The highest BCUT2D eigenvalue weighted by Gasteiger charge is 2.18. The fraction of sp³-hybridized carbons (Fsp3) is 0.474. The van der Waals surface area contributed by atoms with Crippen molar-refractivity contribution in [3.63, 3.8) is 0 Å². The molecular weight excluding hydrogens is 348 g/mol.